The molecule has 11 heteroatoms. The fourth-order valence-corrected chi connectivity index (χ4v) is 3.88. The van der Waals surface area contributed by atoms with E-state index in [1.54, 1.807) is 13.1 Å². The van der Waals surface area contributed by atoms with E-state index in [0.717, 1.165) is 16.8 Å². The molecule has 34 heavy (non-hydrogen) atoms. The van der Waals surface area contributed by atoms with Crippen molar-refractivity contribution in [3.05, 3.63) is 77.2 Å². The van der Waals surface area contributed by atoms with Crippen molar-refractivity contribution in [2.24, 2.45) is 0 Å². The van der Waals surface area contributed by atoms with Gasteiger partial charge in [0, 0.05) is 17.0 Å². The number of rotatable bonds is 4. The Bertz CT molecular complexity index is 1550. The molecule has 0 fully saturated rings. The largest absolute Gasteiger partial charge is 0.416 e. The molecule has 0 aliphatic heterocycles. The summed E-state index contributed by atoms with van der Waals surface area (Å²) in [5.41, 5.74) is 0.656. The van der Waals surface area contributed by atoms with Crippen LogP contribution in [0.3, 0.4) is 0 Å². The van der Waals surface area contributed by atoms with Gasteiger partial charge in [-0.1, -0.05) is 35.5 Å². The van der Waals surface area contributed by atoms with Crippen LogP contribution in [0.5, 0.6) is 0 Å². The Kier molecular flexibility index (Phi) is 4.96. The van der Waals surface area contributed by atoms with Crippen LogP contribution in [-0.2, 0) is 6.18 Å². The summed E-state index contributed by atoms with van der Waals surface area (Å²) in [7, 11) is 0. The molecule has 0 saturated carbocycles. The number of benzene rings is 2. The molecule has 8 nitrogen and oxygen atoms in total. The quantitative estimate of drug-likeness (QED) is 0.364. The monoisotopic (exact) mass is 463 g/mol. The van der Waals surface area contributed by atoms with Gasteiger partial charge in [0.05, 0.1) is 28.7 Å². The van der Waals surface area contributed by atoms with Crippen LogP contribution >= 0.6 is 0 Å². The Balaban J connectivity index is 1.64. The summed E-state index contributed by atoms with van der Waals surface area (Å²) in [6, 6.07) is 11.3. The molecule has 3 heterocycles. The SMILES string of the molecule is Cc1c(-n2nnc(-c3nn(-c4nncc5ccccc45)cc3C=O)c2C)cccc1C(F)(F)F. The minimum atomic E-state index is -4.50. The summed E-state index contributed by atoms with van der Waals surface area (Å²) < 4.78 is 42.9. The van der Waals surface area contributed by atoms with Crippen molar-refractivity contribution in [1.29, 1.82) is 0 Å². The first kappa shape index (κ1) is 21.4. The summed E-state index contributed by atoms with van der Waals surface area (Å²) in [6.07, 6.45) is -0.741. The van der Waals surface area contributed by atoms with Gasteiger partial charge in [0.25, 0.3) is 0 Å². The third-order valence-corrected chi connectivity index (χ3v) is 5.60. The van der Waals surface area contributed by atoms with Gasteiger partial charge < -0.3 is 0 Å². The first-order valence-electron chi connectivity index (χ1n) is 10.1. The van der Waals surface area contributed by atoms with E-state index in [2.05, 4.69) is 25.6 Å². The average Bonchev–Trinajstić information content (AvgIpc) is 3.41. The number of hydrogen-bond donors (Lipinski definition) is 0. The van der Waals surface area contributed by atoms with Crippen molar-refractivity contribution in [1.82, 2.24) is 35.0 Å². The van der Waals surface area contributed by atoms with Crippen LogP contribution in [0.2, 0.25) is 0 Å². The summed E-state index contributed by atoms with van der Waals surface area (Å²) in [5.74, 6) is 0.422. The Hall–Kier alpha value is -4.41. The van der Waals surface area contributed by atoms with Gasteiger partial charge in [-0.2, -0.15) is 23.4 Å². The van der Waals surface area contributed by atoms with Crippen LogP contribution in [0.1, 0.15) is 27.2 Å². The third kappa shape index (κ3) is 3.41. The average molecular weight is 463 g/mol. The number of fused-ring (bicyclic) bond motifs is 1. The highest BCUT2D eigenvalue weighted by Crippen LogP contribution is 2.35. The predicted molar refractivity (Wildman–Crippen MR) is 117 cm³/mol. The lowest BCUT2D eigenvalue weighted by Gasteiger charge is -2.14. The molecule has 0 aliphatic rings. The van der Waals surface area contributed by atoms with Crippen LogP contribution in [0.15, 0.2) is 54.9 Å². The van der Waals surface area contributed by atoms with Gasteiger partial charge in [0.2, 0.25) is 0 Å². The topological polar surface area (TPSA) is 91.4 Å². The molecule has 5 aromatic rings. The van der Waals surface area contributed by atoms with Crippen LogP contribution in [0, 0.1) is 13.8 Å². The molecule has 5 rings (SSSR count). The van der Waals surface area contributed by atoms with Crippen LogP contribution in [0.4, 0.5) is 13.2 Å². The number of hydrogen-bond acceptors (Lipinski definition) is 6. The Morgan fingerprint density at radius 3 is 2.53 bits per heavy atom. The maximum atomic E-state index is 13.4. The standard InChI is InChI=1S/C23H16F3N7O/c1-13-18(23(24,25)26)8-5-9-19(13)33-14(2)20(28-31-33)21-16(12-34)11-32(30-21)22-17-7-4-3-6-15(17)10-27-29-22/h3-12H,1-2H3. The molecule has 0 aliphatic carbocycles. The van der Waals surface area contributed by atoms with E-state index in [9.17, 15) is 18.0 Å². The maximum Gasteiger partial charge on any atom is 0.416 e. The molecule has 0 saturated heterocycles. The summed E-state index contributed by atoms with van der Waals surface area (Å²) in [4.78, 5) is 11.8. The highest BCUT2D eigenvalue weighted by molar-refractivity contribution is 5.89. The van der Waals surface area contributed by atoms with Gasteiger partial charge in [-0.15, -0.1) is 10.2 Å². The molecule has 2 aromatic carbocycles. The van der Waals surface area contributed by atoms with E-state index in [0.29, 0.717) is 17.8 Å². The van der Waals surface area contributed by atoms with E-state index in [1.807, 2.05) is 24.3 Å². The second kappa shape index (κ2) is 7.87. The van der Waals surface area contributed by atoms with Gasteiger partial charge in [0.15, 0.2) is 12.1 Å². The van der Waals surface area contributed by atoms with Crippen LogP contribution in [-0.4, -0.2) is 41.3 Å². The smallest absolute Gasteiger partial charge is 0.298 e. The number of halogens is 3. The summed E-state index contributed by atoms with van der Waals surface area (Å²) in [5, 5.41) is 22.5. The molecule has 0 N–H and O–H groups in total. The number of aromatic nitrogens is 7. The number of aldehydes is 1. The zero-order valence-corrected chi connectivity index (χ0v) is 17.9. The fourth-order valence-electron chi connectivity index (χ4n) is 3.88. The number of nitrogens with zero attached hydrogens (tertiary/aromatic N) is 7. The second-order valence-electron chi connectivity index (χ2n) is 7.63. The molecular weight excluding hydrogens is 447 g/mol. The normalized spacial score (nSPS) is 11.8. The Morgan fingerprint density at radius 1 is 0.971 bits per heavy atom. The molecule has 0 bridgehead atoms. The van der Waals surface area contributed by atoms with Gasteiger partial charge in [0.1, 0.15) is 11.4 Å². The lowest BCUT2D eigenvalue weighted by Crippen LogP contribution is -2.11. The van der Waals surface area contributed by atoms with Gasteiger partial charge >= 0.3 is 6.18 Å². The van der Waals surface area contributed by atoms with E-state index in [1.165, 1.54) is 34.6 Å². The predicted octanol–water partition coefficient (Wildman–Crippen LogP) is 4.51. The molecule has 0 atom stereocenters. The highest BCUT2D eigenvalue weighted by atomic mass is 19.4. The van der Waals surface area contributed by atoms with Crippen molar-refractivity contribution in [2.75, 3.05) is 0 Å². The van der Waals surface area contributed by atoms with E-state index in [4.69, 9.17) is 0 Å². The van der Waals surface area contributed by atoms with Crippen molar-refractivity contribution in [3.8, 4) is 22.9 Å². The van der Waals surface area contributed by atoms with Crippen molar-refractivity contribution in [2.45, 2.75) is 20.0 Å². The summed E-state index contributed by atoms with van der Waals surface area (Å²) in [6.45, 7) is 3.03. The Labute approximate surface area is 190 Å². The zero-order valence-electron chi connectivity index (χ0n) is 17.9. The molecule has 3 aromatic heterocycles. The van der Waals surface area contributed by atoms with Gasteiger partial charge in [-0.05, 0) is 31.5 Å². The highest BCUT2D eigenvalue weighted by Gasteiger charge is 2.33. The first-order valence-corrected chi connectivity index (χ1v) is 10.1. The van der Waals surface area contributed by atoms with Crippen molar-refractivity contribution < 1.29 is 18.0 Å². The number of alkyl halides is 3. The van der Waals surface area contributed by atoms with Gasteiger partial charge in [-0.3, -0.25) is 4.79 Å². The molecule has 0 amide bonds. The molecule has 0 spiro atoms. The lowest BCUT2D eigenvalue weighted by molar-refractivity contribution is -0.138. The second-order valence-corrected chi connectivity index (χ2v) is 7.63. The maximum absolute atomic E-state index is 13.4. The van der Waals surface area contributed by atoms with Crippen molar-refractivity contribution in [3.63, 3.8) is 0 Å². The molecule has 170 valence electrons. The lowest BCUT2D eigenvalue weighted by atomic mass is 10.1. The molecular formula is C23H16F3N7O. The van der Waals surface area contributed by atoms with Crippen LogP contribution < -0.4 is 0 Å². The van der Waals surface area contributed by atoms with E-state index >= 15 is 0 Å². The fraction of sp³-hybridized carbons (Fsp3) is 0.130. The van der Waals surface area contributed by atoms with Crippen molar-refractivity contribution >= 4 is 17.1 Å². The zero-order chi connectivity index (χ0) is 24.0. The van der Waals surface area contributed by atoms with E-state index in [-0.39, 0.29) is 28.2 Å². The minimum Gasteiger partial charge on any atom is -0.298 e. The van der Waals surface area contributed by atoms with Crippen LogP contribution in [0.25, 0.3) is 33.7 Å². The number of carbonyl (C=O) groups is 1. The molecule has 0 radical (unpaired) electrons. The van der Waals surface area contributed by atoms with Gasteiger partial charge in [-0.25, -0.2) is 9.36 Å². The minimum absolute atomic E-state index is 0.0155. The third-order valence-electron chi connectivity index (χ3n) is 5.60. The number of carbonyl (C=O) groups excluding carboxylic acids is 1. The van der Waals surface area contributed by atoms with E-state index < -0.39 is 11.7 Å². The molecule has 0 unspecified atom stereocenters. The Morgan fingerprint density at radius 2 is 1.76 bits per heavy atom. The first-order chi connectivity index (χ1) is 16.3. The summed E-state index contributed by atoms with van der Waals surface area (Å²) >= 11 is 0.